The molecule has 0 fully saturated rings. The van der Waals surface area contributed by atoms with Crippen LogP contribution in [0.1, 0.15) is 39.7 Å². The molecule has 206 valence electrons. The second-order valence-electron chi connectivity index (χ2n) is 8.98. The number of aromatic nitrogens is 1. The number of esters is 2. The van der Waals surface area contributed by atoms with Crippen LogP contribution in [0.4, 0.5) is 0 Å². The molecule has 0 unspecified atom stereocenters. The molecule has 4 rings (SSSR count). The highest BCUT2D eigenvalue weighted by Gasteiger charge is 2.21. The molecule has 4 aromatic rings. The Kier molecular flexibility index (Phi) is 8.55. The molecule has 40 heavy (non-hydrogen) atoms. The van der Waals surface area contributed by atoms with E-state index in [0.29, 0.717) is 28.0 Å². The van der Waals surface area contributed by atoms with Crippen LogP contribution in [0.5, 0.6) is 0 Å². The Labute approximate surface area is 233 Å². The largest absolute Gasteiger partial charge is 0.465 e. The summed E-state index contributed by atoms with van der Waals surface area (Å²) in [4.78, 5) is 24.4. The Hall–Kier alpha value is -4.63. The highest BCUT2D eigenvalue weighted by Crippen LogP contribution is 2.36. The third-order valence-corrected chi connectivity index (χ3v) is 7.71. The number of hydrogen-bond acceptors (Lipinski definition) is 6. The van der Waals surface area contributed by atoms with Crippen LogP contribution in [0.25, 0.3) is 22.6 Å². The van der Waals surface area contributed by atoms with Crippen molar-refractivity contribution in [1.82, 2.24) is 9.29 Å². The summed E-state index contributed by atoms with van der Waals surface area (Å²) in [5.41, 5.74) is 4.69. The van der Waals surface area contributed by atoms with Gasteiger partial charge in [0.15, 0.2) is 0 Å². The molecular weight excluding hydrogens is 528 g/mol. The minimum atomic E-state index is -3.91. The zero-order valence-electron chi connectivity index (χ0n) is 22.7. The summed E-state index contributed by atoms with van der Waals surface area (Å²) >= 11 is 0. The monoisotopic (exact) mass is 558 g/mol. The number of nitrogens with one attached hydrogen (secondary N) is 1. The predicted molar refractivity (Wildman–Crippen MR) is 155 cm³/mol. The average Bonchev–Trinajstić information content (AvgIpc) is 3.23. The third kappa shape index (κ3) is 6.00. The molecule has 0 spiro atoms. The van der Waals surface area contributed by atoms with Gasteiger partial charge < -0.3 is 14.0 Å². The first-order valence-corrected chi connectivity index (χ1v) is 14.0. The molecule has 0 bridgehead atoms. The maximum atomic E-state index is 13.2. The molecule has 0 aliphatic carbocycles. The molecule has 0 saturated heterocycles. The average molecular weight is 559 g/mol. The Bertz CT molecular complexity index is 1710. The lowest BCUT2D eigenvalue weighted by atomic mass is 9.95. The van der Waals surface area contributed by atoms with Gasteiger partial charge in [0.25, 0.3) is 10.0 Å². The minimum Gasteiger partial charge on any atom is -0.465 e. The molecule has 0 aliphatic heterocycles. The van der Waals surface area contributed by atoms with Crippen molar-refractivity contribution in [3.63, 3.8) is 0 Å². The van der Waals surface area contributed by atoms with Gasteiger partial charge in [0.1, 0.15) is 0 Å². The van der Waals surface area contributed by atoms with Gasteiger partial charge in [-0.1, -0.05) is 48.0 Å². The van der Waals surface area contributed by atoms with E-state index in [9.17, 15) is 18.0 Å². The number of ether oxygens (including phenoxy) is 2. The summed E-state index contributed by atoms with van der Waals surface area (Å²) in [6.45, 7) is 3.85. The van der Waals surface area contributed by atoms with E-state index in [-0.39, 0.29) is 11.5 Å². The lowest BCUT2D eigenvalue weighted by Gasteiger charge is -2.13. The van der Waals surface area contributed by atoms with E-state index in [2.05, 4.69) is 4.72 Å². The summed E-state index contributed by atoms with van der Waals surface area (Å²) in [7, 11) is -0.734. The number of fused-ring (bicyclic) bond motifs is 1. The first-order chi connectivity index (χ1) is 19.2. The van der Waals surface area contributed by atoms with E-state index < -0.39 is 22.0 Å². The quantitative estimate of drug-likeness (QED) is 0.223. The Balaban J connectivity index is 1.93. The third-order valence-electron chi connectivity index (χ3n) is 6.39. The lowest BCUT2D eigenvalue weighted by Crippen LogP contribution is -2.18. The van der Waals surface area contributed by atoms with Gasteiger partial charge in [0.2, 0.25) is 0 Å². The Morgan fingerprint density at radius 2 is 1.60 bits per heavy atom. The van der Waals surface area contributed by atoms with Crippen molar-refractivity contribution in [2.75, 3.05) is 13.7 Å². The van der Waals surface area contributed by atoms with E-state index in [1.165, 1.54) is 19.4 Å². The summed E-state index contributed by atoms with van der Waals surface area (Å²) in [5.74, 6) is -0.980. The number of carbonyl (C=O) groups is 2. The Morgan fingerprint density at radius 3 is 2.25 bits per heavy atom. The number of para-hydroxylation sites is 1. The molecule has 0 atom stereocenters. The number of aryl methyl sites for hydroxylation is 2. The highest BCUT2D eigenvalue weighted by molar-refractivity contribution is 7.89. The number of sulfonamides is 1. The molecule has 1 aromatic heterocycles. The van der Waals surface area contributed by atoms with Gasteiger partial charge in [-0.05, 0) is 55.8 Å². The van der Waals surface area contributed by atoms with Crippen LogP contribution in [-0.2, 0) is 31.3 Å². The van der Waals surface area contributed by atoms with E-state index in [0.717, 1.165) is 16.5 Å². The standard InChI is InChI=1S/C31H30N2O6S/c1-5-39-29(34)19-18-28-30(25-8-6-7-9-27(25)33(28)3)26(22-12-14-23(15-13-22)31(35)38-4)20-32-40(36,37)24-16-10-21(2)11-17-24/h6-20,32H,5H2,1-4H3/b19-18+,26-20?. The maximum Gasteiger partial charge on any atom is 0.337 e. The van der Waals surface area contributed by atoms with E-state index in [1.54, 1.807) is 61.5 Å². The van der Waals surface area contributed by atoms with E-state index in [1.807, 2.05) is 42.8 Å². The molecule has 0 aliphatic rings. The minimum absolute atomic E-state index is 0.120. The van der Waals surface area contributed by atoms with Gasteiger partial charge >= 0.3 is 11.9 Å². The molecule has 0 radical (unpaired) electrons. The van der Waals surface area contributed by atoms with Gasteiger partial charge in [-0.25, -0.2) is 18.0 Å². The first-order valence-electron chi connectivity index (χ1n) is 12.6. The van der Waals surface area contributed by atoms with Crippen LogP contribution in [0, 0.1) is 6.92 Å². The van der Waals surface area contributed by atoms with Crippen molar-refractivity contribution in [2.24, 2.45) is 7.05 Å². The highest BCUT2D eigenvalue weighted by atomic mass is 32.2. The van der Waals surface area contributed by atoms with Crippen molar-refractivity contribution >= 4 is 44.5 Å². The number of carbonyl (C=O) groups excluding carboxylic acids is 2. The van der Waals surface area contributed by atoms with Gasteiger partial charge in [-0.2, -0.15) is 0 Å². The van der Waals surface area contributed by atoms with Crippen molar-refractivity contribution in [1.29, 1.82) is 0 Å². The number of benzene rings is 3. The van der Waals surface area contributed by atoms with Gasteiger partial charge in [-0.15, -0.1) is 0 Å². The van der Waals surface area contributed by atoms with Gasteiger partial charge in [-0.3, -0.25) is 4.72 Å². The Morgan fingerprint density at radius 1 is 0.950 bits per heavy atom. The van der Waals surface area contributed by atoms with Crippen molar-refractivity contribution in [3.05, 3.63) is 113 Å². The van der Waals surface area contributed by atoms with Crippen LogP contribution in [0.15, 0.2) is 90.0 Å². The van der Waals surface area contributed by atoms with Gasteiger partial charge in [0, 0.05) is 47.1 Å². The van der Waals surface area contributed by atoms with E-state index in [4.69, 9.17) is 9.47 Å². The topological polar surface area (TPSA) is 104 Å². The number of nitrogens with zero attached hydrogens (tertiary/aromatic N) is 1. The van der Waals surface area contributed by atoms with Crippen LogP contribution in [0.3, 0.4) is 0 Å². The molecule has 0 amide bonds. The molecule has 1 N–H and O–H groups in total. The zero-order chi connectivity index (χ0) is 28.9. The SMILES string of the molecule is CCOC(=O)/C=C/c1c(C(=CNS(=O)(=O)c2ccc(C)cc2)c2ccc(C(=O)OC)cc2)c2ccccc2n1C. The molecule has 9 heteroatoms. The first kappa shape index (κ1) is 28.4. The van der Waals surface area contributed by atoms with Crippen molar-refractivity contribution in [2.45, 2.75) is 18.7 Å². The molecule has 0 saturated carbocycles. The lowest BCUT2D eigenvalue weighted by molar-refractivity contribution is -0.137. The van der Waals surface area contributed by atoms with Gasteiger partial charge in [0.05, 0.1) is 24.2 Å². The normalized spacial score (nSPS) is 12.1. The molecule has 3 aromatic carbocycles. The second-order valence-corrected chi connectivity index (χ2v) is 10.7. The fourth-order valence-electron chi connectivity index (χ4n) is 4.35. The number of hydrogen-bond donors (Lipinski definition) is 1. The molecule has 8 nitrogen and oxygen atoms in total. The predicted octanol–water partition coefficient (Wildman–Crippen LogP) is 5.22. The maximum absolute atomic E-state index is 13.2. The van der Waals surface area contributed by atoms with Crippen molar-refractivity contribution in [3.8, 4) is 0 Å². The van der Waals surface area contributed by atoms with Crippen LogP contribution in [-0.4, -0.2) is 38.6 Å². The van der Waals surface area contributed by atoms with Crippen LogP contribution in [0.2, 0.25) is 0 Å². The smallest absolute Gasteiger partial charge is 0.337 e. The summed E-state index contributed by atoms with van der Waals surface area (Å²) < 4.78 is 40.9. The molecule has 1 heterocycles. The van der Waals surface area contributed by atoms with Crippen molar-refractivity contribution < 1.29 is 27.5 Å². The second kappa shape index (κ2) is 12.0. The number of rotatable bonds is 9. The summed E-state index contributed by atoms with van der Waals surface area (Å²) in [5, 5.41) is 0.839. The summed E-state index contributed by atoms with van der Waals surface area (Å²) in [6.07, 6.45) is 4.43. The fourth-order valence-corrected chi connectivity index (χ4v) is 5.26. The number of methoxy groups -OCH3 is 1. The zero-order valence-corrected chi connectivity index (χ0v) is 23.5. The summed E-state index contributed by atoms with van der Waals surface area (Å²) in [6, 6.07) is 20.9. The fraction of sp³-hybridized carbons (Fsp3) is 0.161. The molecular formula is C31H30N2O6S. The van der Waals surface area contributed by atoms with Crippen LogP contribution < -0.4 is 4.72 Å². The van der Waals surface area contributed by atoms with E-state index >= 15 is 0 Å². The van der Waals surface area contributed by atoms with Crippen LogP contribution >= 0.6 is 0 Å².